The van der Waals surface area contributed by atoms with E-state index in [0.717, 1.165) is 5.56 Å². The summed E-state index contributed by atoms with van der Waals surface area (Å²) in [7, 11) is -1.76. The van der Waals surface area contributed by atoms with Crippen LogP contribution in [0.4, 0.5) is 0 Å². The summed E-state index contributed by atoms with van der Waals surface area (Å²) in [6.45, 7) is 1.23. The zero-order chi connectivity index (χ0) is 12.7. The lowest BCUT2D eigenvalue weighted by Gasteiger charge is -2.16. The number of aromatic nitrogens is 2. The molecule has 0 fully saturated rings. The molecule has 0 amide bonds. The van der Waals surface area contributed by atoms with E-state index in [1.54, 1.807) is 12.4 Å². The molecule has 1 aromatic rings. The lowest BCUT2D eigenvalue weighted by Crippen LogP contribution is -2.30. The van der Waals surface area contributed by atoms with E-state index >= 15 is 0 Å². The summed E-state index contributed by atoms with van der Waals surface area (Å²) in [5, 5.41) is 6.40. The molecule has 0 aliphatic heterocycles. The fourth-order valence-electron chi connectivity index (χ4n) is 1.23. The second kappa shape index (κ2) is 6.70. The minimum atomic E-state index is -3.29. The normalized spacial score (nSPS) is 12.2. The Balaban J connectivity index is 2.41. The van der Waals surface area contributed by atoms with Crippen LogP contribution < -0.4 is 5.73 Å². The van der Waals surface area contributed by atoms with Gasteiger partial charge in [0, 0.05) is 31.9 Å². The van der Waals surface area contributed by atoms with E-state index in [-0.39, 0.29) is 12.4 Å². The van der Waals surface area contributed by atoms with Crippen LogP contribution in [0.25, 0.3) is 0 Å². The van der Waals surface area contributed by atoms with Crippen LogP contribution in [0.15, 0.2) is 12.4 Å². The highest BCUT2D eigenvalue weighted by Crippen LogP contribution is 2.05. The summed E-state index contributed by atoms with van der Waals surface area (Å²) < 4.78 is 29.9. The molecular formula is C9H18N4O3S. The van der Waals surface area contributed by atoms with E-state index in [4.69, 9.17) is 10.5 Å². The minimum absolute atomic E-state index is 0.0403. The van der Waals surface area contributed by atoms with E-state index in [0.29, 0.717) is 19.7 Å². The van der Waals surface area contributed by atoms with Gasteiger partial charge in [0.1, 0.15) is 0 Å². The molecule has 0 saturated carbocycles. The Hall–Kier alpha value is -0.960. The van der Waals surface area contributed by atoms with Crippen LogP contribution in [-0.2, 0) is 21.3 Å². The quantitative estimate of drug-likeness (QED) is 0.594. The molecule has 0 radical (unpaired) electrons. The summed E-state index contributed by atoms with van der Waals surface area (Å²) in [6.07, 6.45) is 3.26. The Morgan fingerprint density at radius 1 is 1.53 bits per heavy atom. The van der Waals surface area contributed by atoms with E-state index in [1.807, 2.05) is 0 Å². The SMILES string of the molecule is CN(Cc1cn[nH]c1)S(=O)(=O)CCOCCN. The number of nitrogens with two attached hydrogens (primary N) is 1. The standard InChI is InChI=1S/C9H18N4O3S/c1-13(8-9-6-11-12-7-9)17(14,15)5-4-16-3-2-10/h6-7H,2-5,8,10H2,1H3,(H,11,12). The van der Waals surface area contributed by atoms with Crippen molar-refractivity contribution in [2.75, 3.05) is 32.6 Å². The van der Waals surface area contributed by atoms with Gasteiger partial charge in [0.05, 0.1) is 25.2 Å². The molecule has 98 valence electrons. The topological polar surface area (TPSA) is 101 Å². The fourth-order valence-corrected chi connectivity index (χ4v) is 2.21. The number of hydrogen-bond donors (Lipinski definition) is 2. The Morgan fingerprint density at radius 3 is 2.88 bits per heavy atom. The molecular weight excluding hydrogens is 244 g/mol. The first-order valence-corrected chi connectivity index (χ1v) is 6.86. The van der Waals surface area contributed by atoms with Gasteiger partial charge < -0.3 is 10.5 Å². The molecule has 1 rings (SSSR count). The van der Waals surface area contributed by atoms with Crippen molar-refractivity contribution in [2.24, 2.45) is 5.73 Å². The van der Waals surface area contributed by atoms with Crippen molar-refractivity contribution >= 4 is 10.0 Å². The van der Waals surface area contributed by atoms with Crippen LogP contribution >= 0.6 is 0 Å². The fraction of sp³-hybridized carbons (Fsp3) is 0.667. The Labute approximate surface area is 101 Å². The molecule has 0 bridgehead atoms. The van der Waals surface area contributed by atoms with Crippen molar-refractivity contribution in [3.8, 4) is 0 Å². The highest BCUT2D eigenvalue weighted by atomic mass is 32.2. The number of H-pyrrole nitrogens is 1. The van der Waals surface area contributed by atoms with Crippen LogP contribution in [0, 0.1) is 0 Å². The number of aromatic amines is 1. The maximum Gasteiger partial charge on any atom is 0.216 e. The van der Waals surface area contributed by atoms with Gasteiger partial charge in [0.25, 0.3) is 0 Å². The van der Waals surface area contributed by atoms with Crippen molar-refractivity contribution < 1.29 is 13.2 Å². The zero-order valence-corrected chi connectivity index (χ0v) is 10.6. The molecule has 7 nitrogen and oxygen atoms in total. The van der Waals surface area contributed by atoms with Gasteiger partial charge in [0.2, 0.25) is 10.0 Å². The van der Waals surface area contributed by atoms with Crippen LogP contribution in [-0.4, -0.2) is 55.5 Å². The number of ether oxygens (including phenoxy) is 1. The van der Waals surface area contributed by atoms with E-state index in [2.05, 4.69) is 10.2 Å². The molecule has 8 heteroatoms. The molecule has 0 unspecified atom stereocenters. The van der Waals surface area contributed by atoms with Gasteiger partial charge in [-0.3, -0.25) is 5.10 Å². The van der Waals surface area contributed by atoms with Gasteiger partial charge in [-0.15, -0.1) is 0 Å². The maximum absolute atomic E-state index is 11.8. The molecule has 0 atom stereocenters. The first kappa shape index (κ1) is 14.1. The molecule has 1 aromatic heterocycles. The Bertz CT molecular complexity index is 404. The largest absolute Gasteiger partial charge is 0.379 e. The van der Waals surface area contributed by atoms with E-state index in [1.165, 1.54) is 11.4 Å². The molecule has 0 aliphatic carbocycles. The third kappa shape index (κ3) is 4.82. The van der Waals surface area contributed by atoms with Crippen molar-refractivity contribution in [3.05, 3.63) is 18.0 Å². The summed E-state index contributed by atoms with van der Waals surface area (Å²) in [4.78, 5) is 0. The highest BCUT2D eigenvalue weighted by Gasteiger charge is 2.17. The van der Waals surface area contributed by atoms with E-state index in [9.17, 15) is 8.42 Å². The molecule has 17 heavy (non-hydrogen) atoms. The lowest BCUT2D eigenvalue weighted by atomic mass is 10.4. The van der Waals surface area contributed by atoms with Crippen LogP contribution in [0.3, 0.4) is 0 Å². The predicted molar refractivity (Wildman–Crippen MR) is 63.7 cm³/mol. The summed E-state index contributed by atoms with van der Waals surface area (Å²) in [5.74, 6) is -0.0403. The van der Waals surface area contributed by atoms with Crippen LogP contribution in [0.1, 0.15) is 5.56 Å². The van der Waals surface area contributed by atoms with Gasteiger partial charge in [0.15, 0.2) is 0 Å². The summed E-state index contributed by atoms with van der Waals surface area (Å²) in [5.41, 5.74) is 6.05. The smallest absolute Gasteiger partial charge is 0.216 e. The van der Waals surface area contributed by atoms with Crippen LogP contribution in [0.5, 0.6) is 0 Å². The molecule has 3 N–H and O–H groups in total. The molecule has 0 aromatic carbocycles. The summed E-state index contributed by atoms with van der Waals surface area (Å²) in [6, 6.07) is 0. The van der Waals surface area contributed by atoms with Crippen molar-refractivity contribution in [1.82, 2.24) is 14.5 Å². The van der Waals surface area contributed by atoms with Crippen molar-refractivity contribution in [3.63, 3.8) is 0 Å². The second-order valence-corrected chi connectivity index (χ2v) is 5.78. The monoisotopic (exact) mass is 262 g/mol. The minimum Gasteiger partial charge on any atom is -0.379 e. The number of sulfonamides is 1. The first-order chi connectivity index (χ1) is 8.06. The first-order valence-electron chi connectivity index (χ1n) is 5.26. The molecule has 0 spiro atoms. The molecule has 0 aliphatic rings. The van der Waals surface area contributed by atoms with Gasteiger partial charge in [-0.2, -0.15) is 5.10 Å². The van der Waals surface area contributed by atoms with Gasteiger partial charge in [-0.25, -0.2) is 12.7 Å². The predicted octanol–water partition coefficient (Wildman–Crippen LogP) is -0.853. The lowest BCUT2D eigenvalue weighted by molar-refractivity contribution is 0.156. The maximum atomic E-state index is 11.8. The third-order valence-corrected chi connectivity index (χ3v) is 3.94. The second-order valence-electron chi connectivity index (χ2n) is 3.58. The van der Waals surface area contributed by atoms with Crippen LogP contribution in [0.2, 0.25) is 0 Å². The third-order valence-electron chi connectivity index (χ3n) is 2.18. The average Bonchev–Trinajstić information content (AvgIpc) is 2.77. The number of nitrogens with zero attached hydrogens (tertiary/aromatic N) is 2. The Kier molecular flexibility index (Phi) is 5.56. The molecule has 0 saturated heterocycles. The van der Waals surface area contributed by atoms with Gasteiger partial charge in [-0.1, -0.05) is 0 Å². The Morgan fingerprint density at radius 2 is 2.29 bits per heavy atom. The molecule has 1 heterocycles. The van der Waals surface area contributed by atoms with E-state index < -0.39 is 10.0 Å². The summed E-state index contributed by atoms with van der Waals surface area (Å²) >= 11 is 0. The highest BCUT2D eigenvalue weighted by molar-refractivity contribution is 7.89. The average molecular weight is 262 g/mol. The number of rotatable bonds is 8. The van der Waals surface area contributed by atoms with Gasteiger partial charge >= 0.3 is 0 Å². The van der Waals surface area contributed by atoms with Crippen molar-refractivity contribution in [1.29, 1.82) is 0 Å². The zero-order valence-electron chi connectivity index (χ0n) is 9.80. The van der Waals surface area contributed by atoms with Crippen molar-refractivity contribution in [2.45, 2.75) is 6.54 Å². The van der Waals surface area contributed by atoms with Gasteiger partial charge in [-0.05, 0) is 0 Å². The number of hydrogen-bond acceptors (Lipinski definition) is 5. The number of nitrogens with one attached hydrogen (secondary N) is 1.